The van der Waals surface area contributed by atoms with Crippen LogP contribution in [0.5, 0.6) is 0 Å². The molecule has 0 aliphatic heterocycles. The lowest BCUT2D eigenvalue weighted by molar-refractivity contribution is -0.119. The maximum atomic E-state index is 11.0. The summed E-state index contributed by atoms with van der Waals surface area (Å²) in [6, 6.07) is 2.43. The molecular weight excluding hydrogens is 234 g/mol. The van der Waals surface area contributed by atoms with Gasteiger partial charge in [-0.2, -0.15) is 0 Å². The Labute approximate surface area is 114 Å². The predicted molar refractivity (Wildman–Crippen MR) is 75.4 cm³/mol. The summed E-state index contributed by atoms with van der Waals surface area (Å²) in [6.45, 7) is 3.62. The van der Waals surface area contributed by atoms with Gasteiger partial charge in [-0.1, -0.05) is 12.8 Å². The molecule has 0 aromatic heterocycles. The van der Waals surface area contributed by atoms with E-state index >= 15 is 0 Å². The van der Waals surface area contributed by atoms with Gasteiger partial charge in [0, 0.05) is 42.1 Å². The fraction of sp³-hybridized carbons (Fsp3) is 0.235. The summed E-state index contributed by atoms with van der Waals surface area (Å²) in [5, 5.41) is 2.40. The first-order valence-electron chi connectivity index (χ1n) is 5.51. The third-order valence-corrected chi connectivity index (χ3v) is 1.43. The molecule has 0 heterocycles. The number of rotatable bonds is 2. The van der Waals surface area contributed by atoms with E-state index in [1.54, 1.807) is 6.92 Å². The fourth-order valence-corrected chi connectivity index (χ4v) is 0.734. The standard InChI is InChI=1S/C17H11NO/c1-3-5-6-7-8-9-10-11-12-13-14-16-18-17(19)15-4-2/h4,15H2,1-2H3,(H,18,19). The van der Waals surface area contributed by atoms with Crippen LogP contribution in [0, 0.1) is 71.2 Å². The molecule has 0 atom stereocenters. The average molecular weight is 245 g/mol. The van der Waals surface area contributed by atoms with Crippen LogP contribution in [0.4, 0.5) is 0 Å². The molecule has 0 saturated heterocycles. The largest absolute Gasteiger partial charge is 0.284 e. The fourth-order valence-electron chi connectivity index (χ4n) is 0.734. The van der Waals surface area contributed by atoms with Crippen LogP contribution in [-0.4, -0.2) is 5.91 Å². The van der Waals surface area contributed by atoms with Gasteiger partial charge >= 0.3 is 0 Å². The molecule has 0 unspecified atom stereocenters. The molecular formula is C17H11NO. The van der Waals surface area contributed by atoms with Gasteiger partial charge in [0.1, 0.15) is 0 Å². The Bertz CT molecular complexity index is 675. The quantitative estimate of drug-likeness (QED) is 0.568. The van der Waals surface area contributed by atoms with Crippen LogP contribution >= 0.6 is 0 Å². The van der Waals surface area contributed by atoms with Crippen LogP contribution in [0.25, 0.3) is 0 Å². The van der Waals surface area contributed by atoms with Crippen molar-refractivity contribution in [3.63, 3.8) is 0 Å². The number of hydrogen-bond donors (Lipinski definition) is 1. The van der Waals surface area contributed by atoms with Gasteiger partial charge in [0.2, 0.25) is 5.91 Å². The lowest BCUT2D eigenvalue weighted by Crippen LogP contribution is -2.16. The van der Waals surface area contributed by atoms with E-state index < -0.39 is 0 Å². The zero-order chi connectivity index (χ0) is 14.2. The van der Waals surface area contributed by atoms with Crippen molar-refractivity contribution in [2.45, 2.75) is 26.7 Å². The van der Waals surface area contributed by atoms with Crippen LogP contribution in [0.2, 0.25) is 0 Å². The van der Waals surface area contributed by atoms with Crippen LogP contribution in [0.1, 0.15) is 26.7 Å². The molecule has 0 fully saturated rings. The van der Waals surface area contributed by atoms with Crippen molar-refractivity contribution in [3.8, 4) is 71.2 Å². The van der Waals surface area contributed by atoms with Gasteiger partial charge in [-0.3, -0.25) is 10.1 Å². The predicted octanol–water partition coefficient (Wildman–Crippen LogP) is 0.901. The van der Waals surface area contributed by atoms with E-state index in [9.17, 15) is 4.79 Å². The van der Waals surface area contributed by atoms with Crippen molar-refractivity contribution in [2.75, 3.05) is 0 Å². The lowest BCUT2D eigenvalue weighted by atomic mass is 10.3. The lowest BCUT2D eigenvalue weighted by Gasteiger charge is -1.90. The van der Waals surface area contributed by atoms with E-state index in [2.05, 4.69) is 76.5 Å². The third-order valence-electron chi connectivity index (χ3n) is 1.43. The summed E-state index contributed by atoms with van der Waals surface area (Å²) in [5.41, 5.74) is 0. The van der Waals surface area contributed by atoms with Gasteiger partial charge in [-0.25, -0.2) is 0 Å². The Kier molecular flexibility index (Phi) is 10.7. The average Bonchev–Trinajstić information content (AvgIpc) is 2.40. The Morgan fingerprint density at radius 1 is 0.842 bits per heavy atom. The van der Waals surface area contributed by atoms with Crippen LogP contribution in [0.3, 0.4) is 0 Å². The molecule has 0 bridgehead atoms. The summed E-state index contributed by atoms with van der Waals surface area (Å²) in [4.78, 5) is 11.0. The highest BCUT2D eigenvalue weighted by Gasteiger charge is 1.92. The molecule has 19 heavy (non-hydrogen) atoms. The van der Waals surface area contributed by atoms with Crippen LogP contribution in [0.15, 0.2) is 0 Å². The number of hydrogen-bond acceptors (Lipinski definition) is 1. The van der Waals surface area contributed by atoms with Crippen molar-refractivity contribution in [1.29, 1.82) is 0 Å². The van der Waals surface area contributed by atoms with Gasteiger partial charge in [-0.15, -0.1) is 0 Å². The molecule has 2 heteroatoms. The molecule has 1 amide bonds. The molecule has 0 aliphatic carbocycles. The van der Waals surface area contributed by atoms with E-state index in [0.29, 0.717) is 6.42 Å². The van der Waals surface area contributed by atoms with Gasteiger partial charge in [0.25, 0.3) is 0 Å². The first-order valence-corrected chi connectivity index (χ1v) is 5.51. The summed E-state index contributed by atoms with van der Waals surface area (Å²) in [7, 11) is 0. The first kappa shape index (κ1) is 15.8. The maximum Gasteiger partial charge on any atom is 0.231 e. The second-order valence-corrected chi connectivity index (χ2v) is 2.92. The zero-order valence-electron chi connectivity index (χ0n) is 10.8. The Morgan fingerprint density at radius 3 is 1.79 bits per heavy atom. The van der Waals surface area contributed by atoms with Crippen molar-refractivity contribution < 1.29 is 4.79 Å². The normalized spacial score (nSPS) is 5.58. The highest BCUT2D eigenvalue weighted by molar-refractivity contribution is 5.77. The molecule has 0 saturated carbocycles. The topological polar surface area (TPSA) is 29.1 Å². The molecule has 0 spiro atoms. The molecule has 90 valence electrons. The van der Waals surface area contributed by atoms with Crippen LogP contribution < -0.4 is 5.32 Å². The Balaban J connectivity index is 4.13. The molecule has 0 radical (unpaired) electrons. The van der Waals surface area contributed by atoms with E-state index in [4.69, 9.17) is 0 Å². The number of carbonyl (C=O) groups is 1. The minimum absolute atomic E-state index is 0.109. The van der Waals surface area contributed by atoms with Crippen molar-refractivity contribution in [3.05, 3.63) is 0 Å². The van der Waals surface area contributed by atoms with Crippen molar-refractivity contribution in [2.24, 2.45) is 0 Å². The van der Waals surface area contributed by atoms with Gasteiger partial charge in [0.15, 0.2) is 0 Å². The second-order valence-electron chi connectivity index (χ2n) is 2.92. The van der Waals surface area contributed by atoms with E-state index in [1.165, 1.54) is 0 Å². The van der Waals surface area contributed by atoms with Crippen molar-refractivity contribution in [1.82, 2.24) is 5.32 Å². The van der Waals surface area contributed by atoms with Crippen LogP contribution in [-0.2, 0) is 4.79 Å². The molecule has 0 aromatic carbocycles. The number of carbonyl (C=O) groups excluding carboxylic acids is 1. The van der Waals surface area contributed by atoms with Gasteiger partial charge < -0.3 is 0 Å². The minimum Gasteiger partial charge on any atom is -0.284 e. The highest BCUT2D eigenvalue weighted by atomic mass is 16.1. The number of amides is 1. The highest BCUT2D eigenvalue weighted by Crippen LogP contribution is 1.83. The molecule has 2 nitrogen and oxygen atoms in total. The summed E-state index contributed by atoms with van der Waals surface area (Å²) in [6.07, 6.45) is 1.25. The molecule has 0 rings (SSSR count). The third kappa shape index (κ3) is 12.8. The molecule has 1 N–H and O–H groups in total. The Morgan fingerprint density at radius 2 is 1.32 bits per heavy atom. The summed E-state index contributed by atoms with van der Waals surface area (Å²) < 4.78 is 0. The van der Waals surface area contributed by atoms with Crippen molar-refractivity contribution >= 4 is 5.91 Å². The molecule has 0 aromatic rings. The van der Waals surface area contributed by atoms with Gasteiger partial charge in [0.05, 0.1) is 0 Å². The zero-order valence-corrected chi connectivity index (χ0v) is 10.8. The maximum absolute atomic E-state index is 11.0. The summed E-state index contributed by atoms with van der Waals surface area (Å²) in [5.74, 6) is 27.5. The molecule has 0 aliphatic rings. The van der Waals surface area contributed by atoms with E-state index in [1.807, 2.05) is 6.92 Å². The second kappa shape index (κ2) is 12.9. The van der Waals surface area contributed by atoms with E-state index in [-0.39, 0.29) is 5.91 Å². The van der Waals surface area contributed by atoms with Gasteiger partial charge in [-0.05, 0) is 42.9 Å². The SMILES string of the molecule is CC#CC#CC#CC#CC#CC#CNC(=O)CCC. The minimum atomic E-state index is -0.109. The number of nitrogens with one attached hydrogen (secondary N) is 1. The smallest absolute Gasteiger partial charge is 0.231 e. The first-order chi connectivity index (χ1) is 9.31. The Hall–Kier alpha value is -3.17. The summed E-state index contributed by atoms with van der Waals surface area (Å²) >= 11 is 0. The monoisotopic (exact) mass is 245 g/mol. The van der Waals surface area contributed by atoms with E-state index in [0.717, 1.165) is 6.42 Å².